The third kappa shape index (κ3) is 4.47. The van der Waals surface area contributed by atoms with Crippen LogP contribution in [0.15, 0.2) is 42.5 Å². The van der Waals surface area contributed by atoms with Crippen molar-refractivity contribution in [3.05, 3.63) is 65.0 Å². The fraction of sp³-hybridized carbons (Fsp3) is 0.348. The number of nitrogens with zero attached hydrogens (tertiary/aromatic N) is 1. The molecule has 29 heavy (non-hydrogen) atoms. The molecule has 6 heteroatoms. The number of aromatic amines is 1. The quantitative estimate of drug-likeness (QED) is 0.577. The summed E-state index contributed by atoms with van der Waals surface area (Å²) >= 11 is 0. The number of H-pyrrole nitrogens is 1. The van der Waals surface area contributed by atoms with Gasteiger partial charge in [-0.1, -0.05) is 42.5 Å². The van der Waals surface area contributed by atoms with Gasteiger partial charge in [-0.3, -0.25) is 14.7 Å². The molecular weight excluding hydrogens is 366 g/mol. The highest BCUT2D eigenvalue weighted by atomic mass is 16.4. The van der Waals surface area contributed by atoms with Crippen LogP contribution < -0.4 is 5.32 Å². The number of hydrogen-bond acceptors (Lipinski definition) is 3. The van der Waals surface area contributed by atoms with Crippen molar-refractivity contribution in [3.8, 4) is 0 Å². The number of carboxylic acid groups (broad SMARTS) is 1. The van der Waals surface area contributed by atoms with Gasteiger partial charge in [0.2, 0.25) is 5.91 Å². The van der Waals surface area contributed by atoms with Crippen LogP contribution in [-0.2, 0) is 35.3 Å². The summed E-state index contributed by atoms with van der Waals surface area (Å²) in [6, 6.07) is 14.0. The summed E-state index contributed by atoms with van der Waals surface area (Å²) in [5.41, 5.74) is 4.04. The summed E-state index contributed by atoms with van der Waals surface area (Å²) in [5, 5.41) is 21.9. The molecule has 0 bridgehead atoms. The van der Waals surface area contributed by atoms with E-state index in [-0.39, 0.29) is 18.9 Å². The van der Waals surface area contributed by atoms with Gasteiger partial charge in [0.25, 0.3) is 0 Å². The van der Waals surface area contributed by atoms with Gasteiger partial charge < -0.3 is 10.4 Å². The van der Waals surface area contributed by atoms with Crippen LogP contribution in [0.4, 0.5) is 0 Å². The number of aromatic nitrogens is 2. The lowest BCUT2D eigenvalue weighted by molar-refractivity contribution is -0.141. The van der Waals surface area contributed by atoms with Gasteiger partial charge in [0.15, 0.2) is 0 Å². The highest BCUT2D eigenvalue weighted by Gasteiger charge is 2.21. The molecule has 1 aromatic heterocycles. The second-order valence-electron chi connectivity index (χ2n) is 7.74. The van der Waals surface area contributed by atoms with Gasteiger partial charge in [0, 0.05) is 12.2 Å². The molecule has 0 fully saturated rings. The first-order valence-electron chi connectivity index (χ1n) is 10.1. The van der Waals surface area contributed by atoms with Gasteiger partial charge in [-0.25, -0.2) is 0 Å². The summed E-state index contributed by atoms with van der Waals surface area (Å²) < 4.78 is 0. The number of aliphatic carboxylic acids is 1. The van der Waals surface area contributed by atoms with Crippen LogP contribution >= 0.6 is 0 Å². The van der Waals surface area contributed by atoms with E-state index in [1.807, 2.05) is 42.5 Å². The molecule has 0 spiro atoms. The van der Waals surface area contributed by atoms with Gasteiger partial charge >= 0.3 is 5.97 Å². The number of benzene rings is 2. The number of hydrogen-bond donors (Lipinski definition) is 3. The lowest BCUT2D eigenvalue weighted by Crippen LogP contribution is -2.35. The number of aryl methyl sites for hydroxylation is 1. The number of carbonyl (C=O) groups excluding carboxylic acids is 1. The average molecular weight is 391 g/mol. The Morgan fingerprint density at radius 1 is 1.10 bits per heavy atom. The van der Waals surface area contributed by atoms with E-state index in [9.17, 15) is 14.7 Å². The summed E-state index contributed by atoms with van der Waals surface area (Å²) in [6.07, 6.45) is 4.77. The molecule has 150 valence electrons. The van der Waals surface area contributed by atoms with Crippen molar-refractivity contribution in [1.29, 1.82) is 0 Å². The van der Waals surface area contributed by atoms with Crippen LogP contribution in [-0.4, -0.2) is 33.7 Å². The molecule has 2 aromatic carbocycles. The molecule has 0 saturated heterocycles. The molecule has 0 saturated carbocycles. The first-order chi connectivity index (χ1) is 14.1. The minimum absolute atomic E-state index is 0.105. The molecule has 1 heterocycles. The molecule has 1 atom stereocenters. The molecule has 1 amide bonds. The SMILES string of the molecule is O=C(Cc1n[nH]c2c1CCCC2)NCC(Cc1ccc2ccccc2c1)C(=O)O. The molecule has 4 rings (SSSR count). The van der Waals surface area contributed by atoms with Gasteiger partial charge in [0.1, 0.15) is 0 Å². The van der Waals surface area contributed by atoms with E-state index >= 15 is 0 Å². The average Bonchev–Trinajstić information content (AvgIpc) is 3.13. The number of nitrogens with one attached hydrogen (secondary N) is 2. The van der Waals surface area contributed by atoms with E-state index in [4.69, 9.17) is 0 Å². The second-order valence-corrected chi connectivity index (χ2v) is 7.74. The van der Waals surface area contributed by atoms with Crippen molar-refractivity contribution in [2.24, 2.45) is 5.92 Å². The maximum absolute atomic E-state index is 12.4. The molecule has 0 radical (unpaired) electrons. The lowest BCUT2D eigenvalue weighted by atomic mass is 9.95. The van der Waals surface area contributed by atoms with Crippen LogP contribution in [0, 0.1) is 5.92 Å². The Morgan fingerprint density at radius 3 is 2.72 bits per heavy atom. The first kappa shape index (κ1) is 19.2. The Morgan fingerprint density at radius 2 is 1.90 bits per heavy atom. The minimum Gasteiger partial charge on any atom is -0.481 e. The van der Waals surface area contributed by atoms with E-state index in [1.54, 1.807) is 0 Å². The predicted molar refractivity (Wildman–Crippen MR) is 111 cm³/mol. The van der Waals surface area contributed by atoms with Crippen LogP contribution in [0.1, 0.15) is 35.4 Å². The van der Waals surface area contributed by atoms with Crippen molar-refractivity contribution in [2.45, 2.75) is 38.5 Å². The number of rotatable bonds is 7. The van der Waals surface area contributed by atoms with Crippen LogP contribution in [0.2, 0.25) is 0 Å². The summed E-state index contributed by atoms with van der Waals surface area (Å²) in [7, 11) is 0. The molecule has 1 aliphatic rings. The van der Waals surface area contributed by atoms with Crippen molar-refractivity contribution < 1.29 is 14.7 Å². The molecule has 1 aliphatic carbocycles. The highest BCUT2D eigenvalue weighted by Crippen LogP contribution is 2.22. The van der Waals surface area contributed by atoms with E-state index in [2.05, 4.69) is 15.5 Å². The Bertz CT molecular complexity index is 1040. The third-order valence-corrected chi connectivity index (χ3v) is 5.66. The third-order valence-electron chi connectivity index (χ3n) is 5.66. The first-order valence-corrected chi connectivity index (χ1v) is 10.1. The van der Waals surface area contributed by atoms with E-state index in [0.29, 0.717) is 6.42 Å². The molecule has 3 aromatic rings. The van der Waals surface area contributed by atoms with Crippen LogP contribution in [0.25, 0.3) is 10.8 Å². The highest BCUT2D eigenvalue weighted by molar-refractivity contribution is 5.83. The zero-order chi connectivity index (χ0) is 20.2. The van der Waals surface area contributed by atoms with Crippen LogP contribution in [0.3, 0.4) is 0 Å². The molecule has 3 N–H and O–H groups in total. The number of carbonyl (C=O) groups is 2. The number of fused-ring (bicyclic) bond motifs is 2. The van der Waals surface area contributed by atoms with Gasteiger partial charge in [-0.15, -0.1) is 0 Å². The molecule has 6 nitrogen and oxygen atoms in total. The Balaban J connectivity index is 1.37. The standard InChI is InChI=1S/C23H25N3O3/c27-22(13-21-19-7-3-4-8-20(19)25-26-21)24-14-18(23(28)29)12-15-9-10-16-5-1-2-6-17(16)11-15/h1-2,5-6,9-11,18H,3-4,7-8,12-14H2,(H,24,27)(H,25,26)(H,28,29). The summed E-state index contributed by atoms with van der Waals surface area (Å²) in [6.45, 7) is 0.105. The van der Waals surface area contributed by atoms with Crippen LogP contribution in [0.5, 0.6) is 0 Å². The van der Waals surface area contributed by atoms with Crippen molar-refractivity contribution in [1.82, 2.24) is 15.5 Å². The zero-order valence-corrected chi connectivity index (χ0v) is 16.3. The second kappa shape index (κ2) is 8.47. The monoisotopic (exact) mass is 391 g/mol. The fourth-order valence-corrected chi connectivity index (χ4v) is 4.04. The number of amides is 1. The van der Waals surface area contributed by atoms with E-state index in [1.165, 1.54) is 0 Å². The predicted octanol–water partition coefficient (Wildman–Crippen LogP) is 3.04. The van der Waals surface area contributed by atoms with Crippen molar-refractivity contribution in [2.75, 3.05) is 6.54 Å². The maximum Gasteiger partial charge on any atom is 0.308 e. The maximum atomic E-state index is 12.4. The van der Waals surface area contributed by atoms with Gasteiger partial charge in [-0.2, -0.15) is 5.10 Å². The van der Waals surface area contributed by atoms with E-state index < -0.39 is 11.9 Å². The normalized spacial score (nSPS) is 14.3. The van der Waals surface area contributed by atoms with Gasteiger partial charge in [0.05, 0.1) is 18.0 Å². The lowest BCUT2D eigenvalue weighted by Gasteiger charge is -2.14. The molecular formula is C23H25N3O3. The smallest absolute Gasteiger partial charge is 0.308 e. The van der Waals surface area contributed by atoms with Crippen molar-refractivity contribution in [3.63, 3.8) is 0 Å². The minimum atomic E-state index is -0.907. The summed E-state index contributed by atoms with van der Waals surface area (Å²) in [5.74, 6) is -1.77. The Labute approximate surface area is 169 Å². The number of carboxylic acids is 1. The van der Waals surface area contributed by atoms with Crippen molar-refractivity contribution >= 4 is 22.6 Å². The Hall–Kier alpha value is -3.15. The summed E-state index contributed by atoms with van der Waals surface area (Å²) in [4.78, 5) is 24.1. The molecule has 0 aliphatic heterocycles. The fourth-order valence-electron chi connectivity index (χ4n) is 4.04. The van der Waals surface area contributed by atoms with Gasteiger partial charge in [-0.05, 0) is 54.0 Å². The Kier molecular flexibility index (Phi) is 5.60. The molecule has 1 unspecified atom stereocenters. The zero-order valence-electron chi connectivity index (χ0n) is 16.3. The largest absolute Gasteiger partial charge is 0.481 e. The van der Waals surface area contributed by atoms with E-state index in [0.717, 1.165) is 59.0 Å². The topological polar surface area (TPSA) is 95.1 Å².